The summed E-state index contributed by atoms with van der Waals surface area (Å²) in [7, 11) is 1.58. The quantitative estimate of drug-likeness (QED) is 0.392. The van der Waals surface area contributed by atoms with Crippen LogP contribution in [0.4, 0.5) is 0 Å². The average molecular weight is 418 g/mol. The van der Waals surface area contributed by atoms with Crippen LogP contribution in [0, 0.1) is 0 Å². The normalized spacial score (nSPS) is 10.6. The Morgan fingerprint density at radius 2 is 1.74 bits per heavy atom. The van der Waals surface area contributed by atoms with Gasteiger partial charge in [0.05, 0.1) is 13.3 Å². The first kappa shape index (κ1) is 21.9. The van der Waals surface area contributed by atoms with Crippen LogP contribution >= 0.6 is 0 Å². The number of rotatable bonds is 10. The maximum atomic E-state index is 12.0. The smallest absolute Gasteiger partial charge is 0.277 e. The van der Waals surface area contributed by atoms with Crippen molar-refractivity contribution in [1.29, 1.82) is 0 Å². The summed E-state index contributed by atoms with van der Waals surface area (Å²) in [5.41, 5.74) is 5.45. The van der Waals surface area contributed by atoms with E-state index in [-0.39, 0.29) is 12.5 Å². The molecule has 31 heavy (non-hydrogen) atoms. The summed E-state index contributed by atoms with van der Waals surface area (Å²) in [4.78, 5) is 12.0. The molecule has 3 aromatic rings. The Kier molecular flexibility index (Phi) is 8.05. The molecule has 0 saturated carbocycles. The first-order valence-corrected chi connectivity index (χ1v) is 10.1. The van der Waals surface area contributed by atoms with E-state index in [1.54, 1.807) is 19.4 Å². The SMILES string of the molecule is CCc1cccc(OCC(=O)N/N=C/c2ccc(OCc3ccccc3)c(OC)c2)c1. The lowest BCUT2D eigenvalue weighted by Crippen LogP contribution is -2.24. The number of ether oxygens (including phenoxy) is 3. The van der Waals surface area contributed by atoms with E-state index < -0.39 is 0 Å². The summed E-state index contributed by atoms with van der Waals surface area (Å²) in [6, 6.07) is 23.0. The van der Waals surface area contributed by atoms with Crippen molar-refractivity contribution in [3.63, 3.8) is 0 Å². The second-order valence-corrected chi connectivity index (χ2v) is 6.77. The van der Waals surface area contributed by atoms with Crippen molar-refractivity contribution in [3.05, 3.63) is 89.5 Å². The third kappa shape index (κ3) is 6.89. The van der Waals surface area contributed by atoms with E-state index in [4.69, 9.17) is 14.2 Å². The molecule has 0 unspecified atom stereocenters. The molecular weight excluding hydrogens is 392 g/mol. The van der Waals surface area contributed by atoms with Crippen molar-refractivity contribution in [3.8, 4) is 17.2 Å². The van der Waals surface area contributed by atoms with Crippen molar-refractivity contribution in [2.45, 2.75) is 20.0 Å². The summed E-state index contributed by atoms with van der Waals surface area (Å²) in [6.45, 7) is 2.40. The average Bonchev–Trinajstić information content (AvgIpc) is 2.82. The van der Waals surface area contributed by atoms with Gasteiger partial charge in [-0.05, 0) is 53.4 Å². The second-order valence-electron chi connectivity index (χ2n) is 6.77. The molecule has 160 valence electrons. The topological polar surface area (TPSA) is 69.2 Å². The zero-order valence-electron chi connectivity index (χ0n) is 17.7. The fourth-order valence-corrected chi connectivity index (χ4v) is 2.83. The van der Waals surface area contributed by atoms with Crippen LogP contribution in [-0.2, 0) is 17.8 Å². The van der Waals surface area contributed by atoms with Gasteiger partial charge in [-0.2, -0.15) is 5.10 Å². The number of benzene rings is 3. The number of carbonyl (C=O) groups is 1. The molecule has 0 fully saturated rings. The Morgan fingerprint density at radius 1 is 0.935 bits per heavy atom. The summed E-state index contributed by atoms with van der Waals surface area (Å²) < 4.78 is 16.8. The fourth-order valence-electron chi connectivity index (χ4n) is 2.83. The minimum Gasteiger partial charge on any atom is -0.493 e. The molecule has 0 spiro atoms. The van der Waals surface area contributed by atoms with Gasteiger partial charge in [-0.15, -0.1) is 0 Å². The molecule has 0 saturated heterocycles. The minimum absolute atomic E-state index is 0.111. The summed E-state index contributed by atoms with van der Waals surface area (Å²) >= 11 is 0. The van der Waals surface area contributed by atoms with Crippen LogP contribution in [0.5, 0.6) is 17.2 Å². The Hall–Kier alpha value is -3.80. The molecule has 0 aliphatic carbocycles. The summed E-state index contributed by atoms with van der Waals surface area (Å²) in [6.07, 6.45) is 2.45. The van der Waals surface area contributed by atoms with E-state index in [1.807, 2.05) is 66.7 Å². The van der Waals surface area contributed by atoms with E-state index in [9.17, 15) is 4.79 Å². The van der Waals surface area contributed by atoms with Crippen LogP contribution in [0.2, 0.25) is 0 Å². The number of carbonyl (C=O) groups excluding carboxylic acids is 1. The summed E-state index contributed by atoms with van der Waals surface area (Å²) in [5, 5.41) is 3.99. The lowest BCUT2D eigenvalue weighted by atomic mass is 10.2. The third-order valence-corrected chi connectivity index (χ3v) is 4.50. The fraction of sp³-hybridized carbons (Fsp3) is 0.200. The third-order valence-electron chi connectivity index (χ3n) is 4.50. The van der Waals surface area contributed by atoms with Crippen molar-refractivity contribution < 1.29 is 19.0 Å². The van der Waals surface area contributed by atoms with E-state index in [2.05, 4.69) is 17.5 Å². The lowest BCUT2D eigenvalue weighted by molar-refractivity contribution is -0.123. The van der Waals surface area contributed by atoms with Gasteiger partial charge in [-0.1, -0.05) is 49.4 Å². The number of nitrogens with zero attached hydrogens (tertiary/aromatic N) is 1. The Labute approximate surface area is 182 Å². The van der Waals surface area contributed by atoms with Gasteiger partial charge in [-0.25, -0.2) is 5.43 Å². The number of hydrazone groups is 1. The number of methoxy groups -OCH3 is 1. The van der Waals surface area contributed by atoms with Crippen molar-refractivity contribution in [2.75, 3.05) is 13.7 Å². The molecule has 1 N–H and O–H groups in total. The van der Waals surface area contributed by atoms with E-state index in [1.165, 1.54) is 0 Å². The number of nitrogens with one attached hydrogen (secondary N) is 1. The van der Waals surface area contributed by atoms with Crippen molar-refractivity contribution in [1.82, 2.24) is 5.43 Å². The van der Waals surface area contributed by atoms with Crippen molar-refractivity contribution >= 4 is 12.1 Å². The zero-order chi connectivity index (χ0) is 21.9. The predicted octanol–water partition coefficient (Wildman–Crippen LogP) is 4.37. The maximum Gasteiger partial charge on any atom is 0.277 e. The molecular formula is C25H26N2O4. The highest BCUT2D eigenvalue weighted by atomic mass is 16.5. The Bertz CT molecular complexity index is 1020. The van der Waals surface area contributed by atoms with Gasteiger partial charge >= 0.3 is 0 Å². The molecule has 0 atom stereocenters. The molecule has 6 heteroatoms. The largest absolute Gasteiger partial charge is 0.493 e. The van der Waals surface area contributed by atoms with Crippen LogP contribution < -0.4 is 19.6 Å². The highest BCUT2D eigenvalue weighted by Gasteiger charge is 2.06. The second kappa shape index (κ2) is 11.4. The number of hydrogen-bond donors (Lipinski definition) is 1. The predicted molar refractivity (Wildman–Crippen MR) is 121 cm³/mol. The molecule has 0 aliphatic heterocycles. The van der Waals surface area contributed by atoms with Gasteiger partial charge in [0.1, 0.15) is 12.4 Å². The molecule has 1 amide bonds. The standard InChI is InChI=1S/C25H26N2O4/c1-3-19-10-7-11-22(14-19)30-18-25(28)27-26-16-21-12-13-23(24(15-21)29-2)31-17-20-8-5-4-6-9-20/h4-16H,3,17-18H2,1-2H3,(H,27,28)/b26-16+. The molecule has 0 aliphatic rings. The van der Waals surface area contributed by atoms with Gasteiger partial charge in [0, 0.05) is 0 Å². The first-order chi connectivity index (χ1) is 15.2. The molecule has 6 nitrogen and oxygen atoms in total. The van der Waals surface area contributed by atoms with Gasteiger partial charge < -0.3 is 14.2 Å². The number of amides is 1. The van der Waals surface area contributed by atoms with E-state index in [0.717, 1.165) is 23.1 Å². The number of aryl methyl sites for hydroxylation is 1. The van der Waals surface area contributed by atoms with Crippen LogP contribution in [-0.4, -0.2) is 25.8 Å². The van der Waals surface area contributed by atoms with Crippen LogP contribution in [0.1, 0.15) is 23.6 Å². The molecule has 0 heterocycles. The molecule has 0 radical (unpaired) electrons. The van der Waals surface area contributed by atoms with Gasteiger partial charge in [0.2, 0.25) is 0 Å². The molecule has 3 rings (SSSR count). The van der Waals surface area contributed by atoms with Crippen LogP contribution in [0.15, 0.2) is 77.9 Å². The zero-order valence-corrected chi connectivity index (χ0v) is 17.7. The molecule has 0 bridgehead atoms. The van der Waals surface area contributed by atoms with Crippen molar-refractivity contribution in [2.24, 2.45) is 5.10 Å². The highest BCUT2D eigenvalue weighted by Crippen LogP contribution is 2.28. The highest BCUT2D eigenvalue weighted by molar-refractivity contribution is 5.83. The van der Waals surface area contributed by atoms with Crippen LogP contribution in [0.25, 0.3) is 0 Å². The monoisotopic (exact) mass is 418 g/mol. The Morgan fingerprint density at radius 3 is 2.52 bits per heavy atom. The van der Waals surface area contributed by atoms with E-state index in [0.29, 0.717) is 23.9 Å². The van der Waals surface area contributed by atoms with Gasteiger partial charge in [0.15, 0.2) is 18.1 Å². The number of hydrogen-bond acceptors (Lipinski definition) is 5. The lowest BCUT2D eigenvalue weighted by Gasteiger charge is -2.11. The minimum atomic E-state index is -0.340. The Balaban J connectivity index is 1.51. The summed E-state index contributed by atoms with van der Waals surface area (Å²) in [5.74, 6) is 1.54. The van der Waals surface area contributed by atoms with Gasteiger partial charge in [-0.3, -0.25) is 4.79 Å². The van der Waals surface area contributed by atoms with Crippen LogP contribution in [0.3, 0.4) is 0 Å². The molecule has 3 aromatic carbocycles. The van der Waals surface area contributed by atoms with E-state index >= 15 is 0 Å². The maximum absolute atomic E-state index is 12.0. The first-order valence-electron chi connectivity index (χ1n) is 10.1. The molecule has 0 aromatic heterocycles. The van der Waals surface area contributed by atoms with Gasteiger partial charge in [0.25, 0.3) is 5.91 Å².